The van der Waals surface area contributed by atoms with Crippen LogP contribution in [0.4, 0.5) is 0 Å². The van der Waals surface area contributed by atoms with Crippen molar-refractivity contribution in [2.45, 2.75) is 23.8 Å². The molecule has 3 aromatic carbocycles. The van der Waals surface area contributed by atoms with Gasteiger partial charge in [0.25, 0.3) is 0 Å². The molecule has 1 heterocycles. The maximum Gasteiger partial charge on any atom is 0.306 e. The summed E-state index contributed by atoms with van der Waals surface area (Å²) in [5, 5.41) is 7.52. The molecule has 1 aliphatic rings. The minimum Gasteiger partial charge on any atom is -0.491 e. The van der Waals surface area contributed by atoms with Gasteiger partial charge < -0.3 is 20.1 Å². The lowest BCUT2D eigenvalue weighted by Gasteiger charge is -2.25. The summed E-state index contributed by atoms with van der Waals surface area (Å²) in [6.45, 7) is 0.151. The number of sulfone groups is 1. The Labute approximate surface area is 228 Å². The van der Waals surface area contributed by atoms with Gasteiger partial charge in [-0.15, -0.1) is 0 Å². The van der Waals surface area contributed by atoms with Gasteiger partial charge in [0.05, 0.1) is 36.1 Å². The van der Waals surface area contributed by atoms with Crippen molar-refractivity contribution in [3.8, 4) is 16.9 Å². The van der Waals surface area contributed by atoms with Crippen molar-refractivity contribution in [3.63, 3.8) is 0 Å². The Balaban J connectivity index is 1.43. The minimum atomic E-state index is -3.59. The molecule has 39 heavy (non-hydrogen) atoms. The van der Waals surface area contributed by atoms with E-state index >= 15 is 0 Å². The van der Waals surface area contributed by atoms with Crippen LogP contribution in [0.5, 0.6) is 5.75 Å². The highest BCUT2D eigenvalue weighted by molar-refractivity contribution is 7.91. The summed E-state index contributed by atoms with van der Waals surface area (Å²) in [6, 6.07) is 22.5. The molecule has 204 valence electrons. The highest BCUT2D eigenvalue weighted by Crippen LogP contribution is 2.29. The van der Waals surface area contributed by atoms with Crippen LogP contribution in [0.25, 0.3) is 11.1 Å². The van der Waals surface area contributed by atoms with Gasteiger partial charge in [0.15, 0.2) is 9.84 Å². The van der Waals surface area contributed by atoms with E-state index in [9.17, 15) is 18.0 Å². The Morgan fingerprint density at radius 1 is 1.00 bits per heavy atom. The van der Waals surface area contributed by atoms with Gasteiger partial charge in [-0.2, -0.15) is 0 Å². The van der Waals surface area contributed by atoms with Crippen LogP contribution in [0.2, 0.25) is 0 Å². The van der Waals surface area contributed by atoms with Gasteiger partial charge in [0, 0.05) is 12.1 Å². The average Bonchev–Trinajstić information content (AvgIpc) is 3.25. The van der Waals surface area contributed by atoms with E-state index in [-0.39, 0.29) is 42.0 Å². The molecule has 3 N–H and O–H groups in total. The van der Waals surface area contributed by atoms with E-state index in [1.165, 1.54) is 24.1 Å². The molecule has 0 radical (unpaired) electrons. The van der Waals surface area contributed by atoms with E-state index in [1.54, 1.807) is 30.3 Å². The van der Waals surface area contributed by atoms with E-state index in [0.29, 0.717) is 17.7 Å². The van der Waals surface area contributed by atoms with Gasteiger partial charge >= 0.3 is 5.97 Å². The number of nitrogens with two attached hydrogens (primary N) is 1. The third-order valence-corrected chi connectivity index (χ3v) is 8.51. The molecule has 4 rings (SSSR count). The number of amidine groups is 1. The number of methoxy groups -OCH3 is 1. The smallest absolute Gasteiger partial charge is 0.306 e. The SMILES string of the molecule is COC(=O)C[C@@H]1C[C@@H](COc2ccc(-c3ccc(C(=N)N)cc3)cc2)N(CCS(=O)(=O)c2ccccc2)C1=O. The number of benzene rings is 3. The molecule has 3 aromatic rings. The summed E-state index contributed by atoms with van der Waals surface area (Å²) in [4.78, 5) is 26.7. The van der Waals surface area contributed by atoms with E-state index in [0.717, 1.165) is 11.1 Å². The number of rotatable bonds is 11. The lowest BCUT2D eigenvalue weighted by Crippen LogP contribution is -2.40. The molecule has 1 saturated heterocycles. The van der Waals surface area contributed by atoms with Crippen molar-refractivity contribution in [3.05, 3.63) is 84.4 Å². The van der Waals surface area contributed by atoms with Gasteiger partial charge in [0.2, 0.25) is 5.91 Å². The van der Waals surface area contributed by atoms with Crippen LogP contribution >= 0.6 is 0 Å². The van der Waals surface area contributed by atoms with E-state index in [4.69, 9.17) is 20.6 Å². The number of nitrogen functional groups attached to an aromatic ring is 1. The minimum absolute atomic E-state index is 0.00302. The van der Waals surface area contributed by atoms with Crippen molar-refractivity contribution in [2.24, 2.45) is 11.7 Å². The third-order valence-electron chi connectivity index (χ3n) is 6.80. The van der Waals surface area contributed by atoms with Crippen LogP contribution in [-0.4, -0.2) is 63.1 Å². The summed E-state index contributed by atoms with van der Waals surface area (Å²) < 4.78 is 36.4. The normalized spacial score (nSPS) is 17.2. The monoisotopic (exact) mass is 549 g/mol. The number of amides is 1. The number of hydrogen-bond donors (Lipinski definition) is 2. The zero-order chi connectivity index (χ0) is 28.0. The second kappa shape index (κ2) is 12.1. The molecular formula is C29H31N3O6S. The van der Waals surface area contributed by atoms with Crippen LogP contribution < -0.4 is 10.5 Å². The number of esters is 1. The molecule has 10 heteroatoms. The van der Waals surface area contributed by atoms with Gasteiger partial charge in [-0.05, 0) is 41.8 Å². The number of nitrogens with zero attached hydrogens (tertiary/aromatic N) is 1. The number of likely N-dealkylation sites (tertiary alicyclic amines) is 1. The highest BCUT2D eigenvalue weighted by atomic mass is 32.2. The molecule has 0 unspecified atom stereocenters. The Morgan fingerprint density at radius 2 is 1.62 bits per heavy atom. The summed E-state index contributed by atoms with van der Waals surface area (Å²) >= 11 is 0. The van der Waals surface area contributed by atoms with Crippen LogP contribution in [0.15, 0.2) is 83.8 Å². The zero-order valence-electron chi connectivity index (χ0n) is 21.6. The number of hydrogen-bond acceptors (Lipinski definition) is 7. The van der Waals surface area contributed by atoms with Crippen LogP contribution in [0.3, 0.4) is 0 Å². The van der Waals surface area contributed by atoms with E-state index in [2.05, 4.69) is 0 Å². The Morgan fingerprint density at radius 3 is 2.21 bits per heavy atom. The van der Waals surface area contributed by atoms with Crippen LogP contribution in [-0.2, 0) is 24.2 Å². The van der Waals surface area contributed by atoms with Gasteiger partial charge in [-0.3, -0.25) is 15.0 Å². The van der Waals surface area contributed by atoms with Crippen molar-refractivity contribution in [1.29, 1.82) is 5.41 Å². The summed E-state index contributed by atoms with van der Waals surface area (Å²) in [5.74, 6) is -0.983. The van der Waals surface area contributed by atoms with Gasteiger partial charge in [-0.1, -0.05) is 54.6 Å². The molecule has 0 aromatic heterocycles. The van der Waals surface area contributed by atoms with Gasteiger partial charge in [-0.25, -0.2) is 8.42 Å². The molecular weight excluding hydrogens is 518 g/mol. The molecule has 0 bridgehead atoms. The molecule has 9 nitrogen and oxygen atoms in total. The fraction of sp³-hybridized carbons (Fsp3) is 0.276. The van der Waals surface area contributed by atoms with Crippen LogP contribution in [0.1, 0.15) is 18.4 Å². The first-order valence-corrected chi connectivity index (χ1v) is 14.2. The maximum absolute atomic E-state index is 13.1. The largest absolute Gasteiger partial charge is 0.491 e. The fourth-order valence-electron chi connectivity index (χ4n) is 4.62. The van der Waals surface area contributed by atoms with E-state index in [1.807, 2.05) is 36.4 Å². The van der Waals surface area contributed by atoms with Crippen molar-refractivity contribution < 1.29 is 27.5 Å². The summed E-state index contributed by atoms with van der Waals surface area (Å²) in [5.41, 5.74) is 8.09. The van der Waals surface area contributed by atoms with Crippen molar-refractivity contribution in [1.82, 2.24) is 4.90 Å². The molecule has 1 fully saturated rings. The first kappa shape index (κ1) is 27.8. The lowest BCUT2D eigenvalue weighted by atomic mass is 10.0. The number of carbonyl (C=O) groups excluding carboxylic acids is 2. The maximum atomic E-state index is 13.1. The van der Waals surface area contributed by atoms with Crippen LogP contribution in [0, 0.1) is 11.3 Å². The molecule has 0 spiro atoms. The third kappa shape index (κ3) is 6.83. The zero-order valence-corrected chi connectivity index (χ0v) is 22.4. The molecule has 2 atom stereocenters. The Bertz CT molecular complexity index is 1420. The predicted octanol–water partition coefficient (Wildman–Crippen LogP) is 3.27. The number of ether oxygens (including phenoxy) is 2. The van der Waals surface area contributed by atoms with Crippen molar-refractivity contribution in [2.75, 3.05) is 26.0 Å². The second-order valence-electron chi connectivity index (χ2n) is 9.36. The highest BCUT2D eigenvalue weighted by Gasteiger charge is 2.41. The summed E-state index contributed by atoms with van der Waals surface area (Å²) in [6.07, 6.45) is 0.296. The molecule has 1 amide bonds. The molecule has 1 aliphatic heterocycles. The first-order chi connectivity index (χ1) is 18.7. The topological polar surface area (TPSA) is 140 Å². The Hall–Kier alpha value is -4.18. The lowest BCUT2D eigenvalue weighted by molar-refractivity contribution is -0.144. The average molecular weight is 550 g/mol. The van der Waals surface area contributed by atoms with E-state index < -0.39 is 27.8 Å². The standard InChI is InChI=1S/C29H31N3O6S/c1-37-27(33)18-23-17-24(32(29(23)34)15-16-39(35,36)26-5-3-2-4-6-26)19-38-25-13-11-21(12-14-25)20-7-9-22(10-8-20)28(30)31/h2-14,23-24H,15-19H2,1H3,(H3,30,31)/t23-,24-/m0/s1. The van der Waals surface area contributed by atoms with Gasteiger partial charge in [0.1, 0.15) is 18.2 Å². The summed E-state index contributed by atoms with van der Waals surface area (Å²) in [7, 11) is -2.32. The number of carbonyl (C=O) groups is 2. The first-order valence-electron chi connectivity index (χ1n) is 12.5. The number of nitrogens with one attached hydrogen (secondary N) is 1. The predicted molar refractivity (Wildman–Crippen MR) is 147 cm³/mol. The Kier molecular flexibility index (Phi) is 8.65. The molecule has 0 aliphatic carbocycles. The quantitative estimate of drug-likeness (QED) is 0.213. The molecule has 0 saturated carbocycles. The second-order valence-corrected chi connectivity index (χ2v) is 11.5. The fourth-order valence-corrected chi connectivity index (χ4v) is 5.86. The van der Waals surface area contributed by atoms with Crippen molar-refractivity contribution >= 4 is 27.5 Å².